The Labute approximate surface area is 131 Å². The highest BCUT2D eigenvalue weighted by Gasteiger charge is 2.14. The van der Waals surface area contributed by atoms with E-state index in [-0.39, 0.29) is 5.56 Å². The Balaban J connectivity index is 2.25. The van der Waals surface area contributed by atoms with Crippen molar-refractivity contribution in [1.82, 2.24) is 4.98 Å². The van der Waals surface area contributed by atoms with Crippen LogP contribution < -0.4 is 9.50 Å². The number of nitrogens with one attached hydrogen (secondary N) is 1. The molecule has 9 heteroatoms. The lowest BCUT2D eigenvalue weighted by Gasteiger charge is -2.09. The van der Waals surface area contributed by atoms with Crippen LogP contribution in [-0.2, 0) is 10.5 Å². The van der Waals surface area contributed by atoms with E-state index in [0.29, 0.717) is 16.8 Å². The Morgan fingerprint density at radius 2 is 2.13 bits per heavy atom. The van der Waals surface area contributed by atoms with Gasteiger partial charge in [0.1, 0.15) is 0 Å². The van der Waals surface area contributed by atoms with Crippen LogP contribution >= 0.6 is 0 Å². The van der Waals surface area contributed by atoms with Gasteiger partial charge in [-0.25, -0.2) is 0 Å². The molecule has 23 heavy (non-hydrogen) atoms. The third-order valence-corrected chi connectivity index (χ3v) is 3.27. The van der Waals surface area contributed by atoms with Crippen LogP contribution in [0.5, 0.6) is 5.75 Å². The maximum Gasteiger partial charge on any atom is 0.488 e. The molecule has 0 aliphatic heterocycles. The first-order valence-corrected chi connectivity index (χ1v) is 7.51. The SMILES string of the molecule is Cc1c(C#N)cccc1NC(=O)c1cncc(OS(=O)(=O)F)c1. The smallest absolute Gasteiger partial charge is 0.357 e. The normalized spacial score (nSPS) is 10.7. The van der Waals surface area contributed by atoms with Gasteiger partial charge in [0.05, 0.1) is 23.4 Å². The van der Waals surface area contributed by atoms with Crippen LogP contribution in [0.1, 0.15) is 21.5 Å². The van der Waals surface area contributed by atoms with Crippen molar-refractivity contribution in [1.29, 1.82) is 5.26 Å². The second-order valence-electron chi connectivity index (χ2n) is 4.43. The Hall–Kier alpha value is -2.99. The first-order valence-electron chi connectivity index (χ1n) is 6.20. The summed E-state index contributed by atoms with van der Waals surface area (Å²) in [5.41, 5.74) is 1.36. The van der Waals surface area contributed by atoms with E-state index in [0.717, 1.165) is 18.5 Å². The van der Waals surface area contributed by atoms with Gasteiger partial charge in [0, 0.05) is 11.9 Å². The molecule has 2 aromatic rings. The zero-order valence-corrected chi connectivity index (χ0v) is 12.6. The minimum atomic E-state index is -5.20. The first-order chi connectivity index (χ1) is 10.8. The molecular formula is C14H10FN3O4S. The average Bonchev–Trinajstić information content (AvgIpc) is 2.48. The van der Waals surface area contributed by atoms with E-state index in [1.54, 1.807) is 25.1 Å². The van der Waals surface area contributed by atoms with Crippen LogP contribution in [0.25, 0.3) is 0 Å². The van der Waals surface area contributed by atoms with Crippen LogP contribution in [0.4, 0.5) is 9.57 Å². The van der Waals surface area contributed by atoms with Gasteiger partial charge in [0.25, 0.3) is 5.91 Å². The van der Waals surface area contributed by atoms with E-state index >= 15 is 0 Å². The van der Waals surface area contributed by atoms with Crippen molar-refractivity contribution in [3.63, 3.8) is 0 Å². The van der Waals surface area contributed by atoms with Crippen LogP contribution in [0.2, 0.25) is 0 Å². The third-order valence-electron chi connectivity index (χ3n) is 2.87. The van der Waals surface area contributed by atoms with Gasteiger partial charge in [0.15, 0.2) is 5.75 Å². The van der Waals surface area contributed by atoms with E-state index in [1.165, 1.54) is 0 Å². The number of halogens is 1. The fourth-order valence-electron chi connectivity index (χ4n) is 1.79. The first kappa shape index (κ1) is 16.4. The predicted molar refractivity (Wildman–Crippen MR) is 78.7 cm³/mol. The summed E-state index contributed by atoms with van der Waals surface area (Å²) >= 11 is 0. The number of benzene rings is 1. The molecule has 0 aliphatic rings. The molecule has 1 heterocycles. The number of aromatic nitrogens is 1. The van der Waals surface area contributed by atoms with Crippen molar-refractivity contribution in [3.8, 4) is 11.8 Å². The van der Waals surface area contributed by atoms with Gasteiger partial charge in [-0.15, -0.1) is 0 Å². The molecule has 2 rings (SSSR count). The Bertz CT molecular complexity index is 906. The van der Waals surface area contributed by atoms with Gasteiger partial charge in [-0.3, -0.25) is 9.78 Å². The predicted octanol–water partition coefficient (Wildman–Crippen LogP) is 2.11. The van der Waals surface area contributed by atoms with Crippen molar-refractivity contribution in [2.24, 2.45) is 0 Å². The Morgan fingerprint density at radius 1 is 1.39 bits per heavy atom. The fraction of sp³-hybridized carbons (Fsp3) is 0.0714. The highest BCUT2D eigenvalue weighted by atomic mass is 32.3. The van der Waals surface area contributed by atoms with Crippen LogP contribution in [0, 0.1) is 18.3 Å². The summed E-state index contributed by atoms with van der Waals surface area (Å²) in [4.78, 5) is 15.8. The number of carbonyl (C=O) groups excluding carboxylic acids is 1. The molecule has 1 aromatic carbocycles. The summed E-state index contributed by atoms with van der Waals surface area (Å²) in [6, 6.07) is 7.84. The molecule has 1 amide bonds. The van der Waals surface area contributed by atoms with Gasteiger partial charge in [0.2, 0.25) is 0 Å². The lowest BCUT2D eigenvalue weighted by atomic mass is 10.1. The lowest BCUT2D eigenvalue weighted by molar-refractivity contribution is 0.102. The summed E-state index contributed by atoms with van der Waals surface area (Å²) in [5, 5.41) is 11.5. The fourth-order valence-corrected chi connectivity index (χ4v) is 2.11. The second kappa shape index (κ2) is 6.41. The number of hydrogen-bond acceptors (Lipinski definition) is 6. The molecular weight excluding hydrogens is 325 g/mol. The number of rotatable bonds is 4. The van der Waals surface area contributed by atoms with E-state index in [1.807, 2.05) is 6.07 Å². The van der Waals surface area contributed by atoms with E-state index in [4.69, 9.17) is 5.26 Å². The topological polar surface area (TPSA) is 109 Å². The number of pyridine rings is 1. The number of hydrogen-bond donors (Lipinski definition) is 1. The largest absolute Gasteiger partial charge is 0.488 e. The summed E-state index contributed by atoms with van der Waals surface area (Å²) in [6.07, 6.45) is 2.12. The van der Waals surface area contributed by atoms with Crippen molar-refractivity contribution >= 4 is 22.1 Å². The van der Waals surface area contributed by atoms with Crippen molar-refractivity contribution in [2.45, 2.75) is 6.92 Å². The number of anilines is 1. The Kier molecular flexibility index (Phi) is 4.57. The van der Waals surface area contributed by atoms with Gasteiger partial charge in [-0.2, -0.15) is 13.7 Å². The molecule has 118 valence electrons. The molecule has 1 aromatic heterocycles. The lowest BCUT2D eigenvalue weighted by Crippen LogP contribution is -2.14. The van der Waals surface area contributed by atoms with Crippen molar-refractivity contribution < 1.29 is 21.3 Å². The van der Waals surface area contributed by atoms with Crippen LogP contribution in [0.15, 0.2) is 36.7 Å². The molecule has 0 spiro atoms. The van der Waals surface area contributed by atoms with Gasteiger partial charge in [-0.1, -0.05) is 9.95 Å². The van der Waals surface area contributed by atoms with Gasteiger partial charge >= 0.3 is 10.5 Å². The summed E-state index contributed by atoms with van der Waals surface area (Å²) in [6.45, 7) is 1.67. The molecule has 0 aliphatic carbocycles. The molecule has 0 saturated carbocycles. The molecule has 0 radical (unpaired) electrons. The second-order valence-corrected chi connectivity index (χ2v) is 5.38. The van der Waals surface area contributed by atoms with E-state index in [9.17, 15) is 17.1 Å². The highest BCUT2D eigenvalue weighted by molar-refractivity contribution is 7.81. The minimum Gasteiger partial charge on any atom is -0.357 e. The average molecular weight is 335 g/mol. The van der Waals surface area contributed by atoms with Gasteiger partial charge < -0.3 is 9.50 Å². The minimum absolute atomic E-state index is 0.0343. The highest BCUT2D eigenvalue weighted by Crippen LogP contribution is 2.20. The maximum absolute atomic E-state index is 12.5. The molecule has 0 bridgehead atoms. The zero-order valence-electron chi connectivity index (χ0n) is 11.8. The molecule has 0 unspecified atom stereocenters. The molecule has 0 saturated heterocycles. The molecule has 1 N–H and O–H groups in total. The van der Waals surface area contributed by atoms with Crippen molar-refractivity contribution in [2.75, 3.05) is 5.32 Å². The van der Waals surface area contributed by atoms with E-state index < -0.39 is 22.2 Å². The monoisotopic (exact) mass is 335 g/mol. The number of nitriles is 1. The number of carbonyl (C=O) groups is 1. The molecule has 7 nitrogen and oxygen atoms in total. The number of nitrogens with zero attached hydrogens (tertiary/aromatic N) is 2. The summed E-state index contributed by atoms with van der Waals surface area (Å²) in [5.74, 6) is -1.04. The number of amides is 1. The van der Waals surface area contributed by atoms with Gasteiger partial charge in [-0.05, 0) is 30.7 Å². The maximum atomic E-state index is 12.5. The molecule has 0 atom stereocenters. The zero-order chi connectivity index (χ0) is 17.0. The van der Waals surface area contributed by atoms with Crippen molar-refractivity contribution in [3.05, 3.63) is 53.3 Å². The summed E-state index contributed by atoms with van der Waals surface area (Å²) < 4.78 is 37.4. The standard InChI is InChI=1S/C14H10FN3O4S/c1-9-10(6-16)3-2-4-13(9)18-14(19)11-5-12(8-17-7-11)22-23(15,20)21/h2-5,7-8H,1H3,(H,18,19). The third kappa shape index (κ3) is 4.24. The quantitative estimate of drug-likeness (QED) is 0.857. The summed E-state index contributed by atoms with van der Waals surface area (Å²) in [7, 11) is -5.20. The van der Waals surface area contributed by atoms with Crippen LogP contribution in [-0.4, -0.2) is 19.3 Å². The van der Waals surface area contributed by atoms with Crippen LogP contribution in [0.3, 0.4) is 0 Å². The molecule has 0 fully saturated rings. The van der Waals surface area contributed by atoms with E-state index in [2.05, 4.69) is 14.5 Å². The Morgan fingerprint density at radius 3 is 2.78 bits per heavy atom.